The molecule has 0 saturated heterocycles. The summed E-state index contributed by atoms with van der Waals surface area (Å²) in [7, 11) is -3.38. The van der Waals surface area contributed by atoms with E-state index in [1.807, 2.05) is 20.8 Å². The largest absolute Gasteiger partial charge is 0.396 e. The molecule has 3 N–H and O–H groups in total. The molecular formula is C9H22N2O3S. The van der Waals surface area contributed by atoms with Crippen LogP contribution in [0.5, 0.6) is 0 Å². The molecule has 0 aromatic carbocycles. The molecule has 0 saturated carbocycles. The van der Waals surface area contributed by atoms with Gasteiger partial charge in [0.15, 0.2) is 0 Å². The normalized spacial score (nSPS) is 13.1. The van der Waals surface area contributed by atoms with Crippen molar-refractivity contribution < 1.29 is 13.5 Å². The number of rotatable bonds is 8. The SMILES string of the molecule is CCCNS(=O)(=O)NCC(C)(C)CCO. The van der Waals surface area contributed by atoms with Crippen LogP contribution in [0, 0.1) is 5.41 Å². The maximum atomic E-state index is 11.4. The minimum absolute atomic E-state index is 0.0666. The van der Waals surface area contributed by atoms with Gasteiger partial charge in [-0.3, -0.25) is 0 Å². The third-order valence-electron chi connectivity index (χ3n) is 2.07. The van der Waals surface area contributed by atoms with E-state index in [2.05, 4.69) is 9.44 Å². The summed E-state index contributed by atoms with van der Waals surface area (Å²) in [5, 5.41) is 8.78. The molecule has 0 aromatic rings. The van der Waals surface area contributed by atoms with Crippen molar-refractivity contribution in [2.75, 3.05) is 19.7 Å². The minimum Gasteiger partial charge on any atom is -0.396 e. The zero-order chi connectivity index (χ0) is 11.9. The molecule has 0 aliphatic heterocycles. The molecule has 5 nitrogen and oxygen atoms in total. The second kappa shape index (κ2) is 6.42. The number of nitrogens with one attached hydrogen (secondary N) is 2. The van der Waals surface area contributed by atoms with Crippen LogP contribution in [0.4, 0.5) is 0 Å². The maximum Gasteiger partial charge on any atom is 0.276 e. The second-order valence-corrected chi connectivity index (χ2v) is 5.94. The Kier molecular flexibility index (Phi) is 6.35. The van der Waals surface area contributed by atoms with Gasteiger partial charge in [0.05, 0.1) is 0 Å². The van der Waals surface area contributed by atoms with E-state index in [0.717, 1.165) is 6.42 Å². The van der Waals surface area contributed by atoms with Crippen molar-refractivity contribution in [3.8, 4) is 0 Å². The van der Waals surface area contributed by atoms with Crippen LogP contribution in [0.1, 0.15) is 33.6 Å². The zero-order valence-corrected chi connectivity index (χ0v) is 10.5. The lowest BCUT2D eigenvalue weighted by Crippen LogP contribution is -2.41. The van der Waals surface area contributed by atoms with Gasteiger partial charge in [-0.05, 0) is 18.3 Å². The van der Waals surface area contributed by atoms with E-state index >= 15 is 0 Å². The number of aliphatic hydroxyl groups excluding tert-OH is 1. The van der Waals surface area contributed by atoms with Crippen molar-refractivity contribution in [3.63, 3.8) is 0 Å². The molecule has 0 amide bonds. The van der Waals surface area contributed by atoms with Crippen LogP contribution in [0.15, 0.2) is 0 Å². The van der Waals surface area contributed by atoms with Crippen molar-refractivity contribution in [3.05, 3.63) is 0 Å². The molecule has 0 aliphatic carbocycles. The summed E-state index contributed by atoms with van der Waals surface area (Å²) in [5.41, 5.74) is -0.226. The van der Waals surface area contributed by atoms with Crippen molar-refractivity contribution in [1.82, 2.24) is 9.44 Å². The molecule has 0 aliphatic rings. The van der Waals surface area contributed by atoms with E-state index < -0.39 is 10.2 Å². The first-order chi connectivity index (χ1) is 6.83. The summed E-state index contributed by atoms with van der Waals surface area (Å²) in [4.78, 5) is 0. The van der Waals surface area contributed by atoms with Gasteiger partial charge in [0.2, 0.25) is 0 Å². The Morgan fingerprint density at radius 2 is 1.87 bits per heavy atom. The van der Waals surface area contributed by atoms with Crippen LogP contribution < -0.4 is 9.44 Å². The molecule has 0 radical (unpaired) electrons. The summed E-state index contributed by atoms with van der Waals surface area (Å²) in [6.07, 6.45) is 1.34. The third-order valence-corrected chi connectivity index (χ3v) is 3.18. The molecular weight excluding hydrogens is 216 g/mol. The molecule has 0 rings (SSSR count). The second-order valence-electron chi connectivity index (χ2n) is 4.36. The summed E-state index contributed by atoms with van der Waals surface area (Å²) >= 11 is 0. The van der Waals surface area contributed by atoms with Crippen LogP contribution in [0.2, 0.25) is 0 Å². The van der Waals surface area contributed by atoms with Gasteiger partial charge in [-0.1, -0.05) is 20.8 Å². The lowest BCUT2D eigenvalue weighted by Gasteiger charge is -2.23. The van der Waals surface area contributed by atoms with Crippen LogP contribution in [0.25, 0.3) is 0 Å². The van der Waals surface area contributed by atoms with Crippen molar-refractivity contribution in [1.29, 1.82) is 0 Å². The van der Waals surface area contributed by atoms with E-state index in [9.17, 15) is 8.42 Å². The van der Waals surface area contributed by atoms with E-state index in [4.69, 9.17) is 5.11 Å². The number of aliphatic hydroxyl groups is 1. The van der Waals surface area contributed by atoms with Gasteiger partial charge in [-0.2, -0.15) is 8.42 Å². The van der Waals surface area contributed by atoms with E-state index in [0.29, 0.717) is 19.5 Å². The predicted octanol–water partition coefficient (Wildman–Crippen LogP) is 0.229. The zero-order valence-electron chi connectivity index (χ0n) is 9.71. The molecule has 0 aromatic heterocycles. The van der Waals surface area contributed by atoms with Crippen LogP contribution >= 0.6 is 0 Å². The standard InChI is InChI=1S/C9H22N2O3S/c1-4-6-10-15(13,14)11-8-9(2,3)5-7-12/h10-12H,4-8H2,1-3H3. The highest BCUT2D eigenvalue weighted by Gasteiger charge is 2.20. The Bertz CT molecular complexity index is 263. The van der Waals surface area contributed by atoms with Gasteiger partial charge < -0.3 is 5.11 Å². The molecule has 6 heteroatoms. The Morgan fingerprint density at radius 1 is 1.27 bits per heavy atom. The van der Waals surface area contributed by atoms with Gasteiger partial charge in [-0.15, -0.1) is 0 Å². The molecule has 92 valence electrons. The van der Waals surface area contributed by atoms with E-state index in [1.165, 1.54) is 0 Å². The molecule has 0 fully saturated rings. The first kappa shape index (κ1) is 14.8. The first-order valence-corrected chi connectivity index (χ1v) is 6.66. The molecule has 15 heavy (non-hydrogen) atoms. The lowest BCUT2D eigenvalue weighted by atomic mass is 9.90. The highest BCUT2D eigenvalue weighted by Crippen LogP contribution is 2.18. The van der Waals surface area contributed by atoms with Gasteiger partial charge in [0.25, 0.3) is 10.2 Å². The fourth-order valence-electron chi connectivity index (χ4n) is 0.969. The smallest absolute Gasteiger partial charge is 0.276 e. The minimum atomic E-state index is -3.38. The van der Waals surface area contributed by atoms with Gasteiger partial charge in [0, 0.05) is 19.7 Å². The third kappa shape index (κ3) is 7.72. The topological polar surface area (TPSA) is 78.4 Å². The Hall–Kier alpha value is -0.170. The van der Waals surface area contributed by atoms with Gasteiger partial charge in [-0.25, -0.2) is 9.44 Å². The van der Waals surface area contributed by atoms with Crippen molar-refractivity contribution in [2.45, 2.75) is 33.6 Å². The van der Waals surface area contributed by atoms with Crippen LogP contribution in [0.3, 0.4) is 0 Å². The summed E-state index contributed by atoms with van der Waals surface area (Å²) in [6, 6.07) is 0. The Balaban J connectivity index is 4.02. The highest BCUT2D eigenvalue weighted by atomic mass is 32.2. The fourth-order valence-corrected chi connectivity index (χ4v) is 2.12. The lowest BCUT2D eigenvalue weighted by molar-refractivity contribution is 0.213. The summed E-state index contributed by atoms with van der Waals surface area (Å²) in [6.45, 7) is 6.55. The highest BCUT2D eigenvalue weighted by molar-refractivity contribution is 7.87. The van der Waals surface area contributed by atoms with Crippen LogP contribution in [-0.2, 0) is 10.2 Å². The van der Waals surface area contributed by atoms with E-state index in [-0.39, 0.29) is 12.0 Å². The van der Waals surface area contributed by atoms with Crippen LogP contribution in [-0.4, -0.2) is 33.2 Å². The predicted molar refractivity (Wildman–Crippen MR) is 60.7 cm³/mol. The van der Waals surface area contributed by atoms with Gasteiger partial charge >= 0.3 is 0 Å². The first-order valence-electron chi connectivity index (χ1n) is 5.18. The van der Waals surface area contributed by atoms with Crippen molar-refractivity contribution in [2.24, 2.45) is 5.41 Å². The van der Waals surface area contributed by atoms with E-state index in [1.54, 1.807) is 0 Å². The molecule has 0 heterocycles. The van der Waals surface area contributed by atoms with Gasteiger partial charge in [0.1, 0.15) is 0 Å². The average Bonchev–Trinajstić information content (AvgIpc) is 2.12. The molecule has 0 bridgehead atoms. The maximum absolute atomic E-state index is 11.4. The molecule has 0 spiro atoms. The number of hydrogen-bond acceptors (Lipinski definition) is 3. The quantitative estimate of drug-likeness (QED) is 0.566. The monoisotopic (exact) mass is 238 g/mol. The van der Waals surface area contributed by atoms with Crippen molar-refractivity contribution >= 4 is 10.2 Å². The molecule has 0 atom stereocenters. The Morgan fingerprint density at radius 3 is 2.33 bits per heavy atom. The number of hydrogen-bond donors (Lipinski definition) is 3. The Labute approximate surface area is 92.4 Å². The summed E-state index contributed by atoms with van der Waals surface area (Å²) < 4.78 is 27.6. The average molecular weight is 238 g/mol. The molecule has 0 unspecified atom stereocenters. The fraction of sp³-hybridized carbons (Fsp3) is 1.00. The summed E-state index contributed by atoms with van der Waals surface area (Å²) in [5.74, 6) is 0.